The Morgan fingerprint density at radius 1 is 0.778 bits per heavy atom. The molecule has 200 valence electrons. The van der Waals surface area contributed by atoms with Gasteiger partial charge in [0.2, 0.25) is 0 Å². The van der Waals surface area contributed by atoms with E-state index in [0.717, 1.165) is 70.0 Å². The average Bonchev–Trinajstić information content (AvgIpc) is 2.76. The Labute approximate surface area is 265 Å². The largest absolute Gasteiger partial charge is 1.00 e. The molecular formula is C23H41Na2O9PS. The van der Waals surface area contributed by atoms with E-state index in [0.29, 0.717) is 12.8 Å². The summed E-state index contributed by atoms with van der Waals surface area (Å²) in [5.41, 5.74) is 0. The minimum absolute atomic E-state index is 0. The number of ether oxygens (including phenoxy) is 2. The molecule has 0 aromatic carbocycles. The Morgan fingerprint density at radius 2 is 1.28 bits per heavy atom. The Kier molecular flexibility index (Phi) is 31.9. The Balaban J connectivity index is -0.00000544. The number of phosphoric acid groups is 1. The van der Waals surface area contributed by atoms with Crippen LogP contribution in [0.5, 0.6) is 0 Å². The smallest absolute Gasteiger partial charge is 0.790 e. The van der Waals surface area contributed by atoms with Gasteiger partial charge in [-0.25, -0.2) is 0 Å². The molecule has 0 bridgehead atoms. The standard InChI is InChI=1S/C23H43O9PS.2Na/c1-3-4-5-9-13-16-23(26)32-21(19-31-33(27,28)29)18-30-22(25)15-12-10-7-6-8-11-14-17-34-20(2)24;;/h21H,3-19H2,1-2H3,(H2,27,28,29);;/q;2*+1/p-2/t21-;;/m0../s1. The van der Waals surface area contributed by atoms with Crippen molar-refractivity contribution in [3.63, 3.8) is 0 Å². The third kappa shape index (κ3) is 31.3. The van der Waals surface area contributed by atoms with Gasteiger partial charge in [-0.1, -0.05) is 76.5 Å². The van der Waals surface area contributed by atoms with E-state index in [1.165, 1.54) is 11.8 Å². The number of esters is 2. The van der Waals surface area contributed by atoms with Crippen LogP contribution in [0.15, 0.2) is 0 Å². The molecule has 0 aliphatic carbocycles. The molecule has 0 saturated heterocycles. The van der Waals surface area contributed by atoms with Crippen molar-refractivity contribution < 1.29 is 102 Å². The molecule has 0 heterocycles. The molecule has 0 N–H and O–H groups in total. The second-order valence-electron chi connectivity index (χ2n) is 8.27. The van der Waals surface area contributed by atoms with E-state index in [4.69, 9.17) is 9.47 Å². The summed E-state index contributed by atoms with van der Waals surface area (Å²) in [4.78, 5) is 56.3. The van der Waals surface area contributed by atoms with E-state index in [-0.39, 0.29) is 83.7 Å². The number of hydrogen-bond acceptors (Lipinski definition) is 10. The van der Waals surface area contributed by atoms with Crippen molar-refractivity contribution in [3.05, 3.63) is 0 Å². The fraction of sp³-hybridized carbons (Fsp3) is 0.870. The van der Waals surface area contributed by atoms with Crippen LogP contribution >= 0.6 is 19.6 Å². The molecule has 0 aromatic rings. The van der Waals surface area contributed by atoms with Crippen LogP contribution in [0.1, 0.15) is 104 Å². The Morgan fingerprint density at radius 3 is 1.81 bits per heavy atom. The van der Waals surface area contributed by atoms with Gasteiger partial charge >= 0.3 is 71.1 Å². The number of carbonyl (C=O) groups excluding carboxylic acids is 3. The second-order valence-corrected chi connectivity index (χ2v) is 10.7. The van der Waals surface area contributed by atoms with Crippen LogP contribution in [0, 0.1) is 0 Å². The van der Waals surface area contributed by atoms with Crippen molar-refractivity contribution in [2.45, 2.75) is 110 Å². The SMILES string of the molecule is CCCCCCCC(=O)O[C@@H](COC(=O)CCCCCCCCCSC(C)=O)COP(=O)([O-])[O-].[Na+].[Na+]. The zero-order chi connectivity index (χ0) is 25.7. The first-order valence-electron chi connectivity index (χ1n) is 12.3. The van der Waals surface area contributed by atoms with Gasteiger partial charge in [0.05, 0.1) is 14.4 Å². The topological polar surface area (TPSA) is 142 Å². The molecule has 0 aliphatic heterocycles. The number of thioether (sulfide) groups is 1. The summed E-state index contributed by atoms with van der Waals surface area (Å²) in [6.45, 7) is 2.62. The van der Waals surface area contributed by atoms with Gasteiger partial charge in [0.25, 0.3) is 0 Å². The average molecular weight is 571 g/mol. The van der Waals surface area contributed by atoms with E-state index in [2.05, 4.69) is 11.4 Å². The molecule has 0 fully saturated rings. The van der Waals surface area contributed by atoms with Gasteiger partial charge in [-0.2, -0.15) is 0 Å². The normalized spacial score (nSPS) is 11.7. The fourth-order valence-corrected chi connectivity index (χ4v) is 4.12. The number of hydrogen-bond donors (Lipinski definition) is 0. The first-order valence-corrected chi connectivity index (χ1v) is 14.7. The summed E-state index contributed by atoms with van der Waals surface area (Å²) in [5, 5.41) is 0.150. The number of carbonyl (C=O) groups is 3. The molecule has 13 heteroatoms. The zero-order valence-electron chi connectivity index (χ0n) is 22.6. The third-order valence-electron chi connectivity index (χ3n) is 4.96. The van der Waals surface area contributed by atoms with Crippen LogP contribution in [0.2, 0.25) is 0 Å². The molecule has 0 unspecified atom stereocenters. The summed E-state index contributed by atoms with van der Waals surface area (Å²) in [6, 6.07) is 0. The first-order chi connectivity index (χ1) is 16.1. The summed E-state index contributed by atoms with van der Waals surface area (Å²) >= 11 is 1.36. The molecule has 0 radical (unpaired) electrons. The van der Waals surface area contributed by atoms with Gasteiger partial charge in [0, 0.05) is 25.5 Å². The molecule has 0 rings (SSSR count). The van der Waals surface area contributed by atoms with Crippen molar-refractivity contribution in [2.75, 3.05) is 19.0 Å². The van der Waals surface area contributed by atoms with Crippen molar-refractivity contribution in [1.82, 2.24) is 0 Å². The molecule has 0 spiro atoms. The monoisotopic (exact) mass is 570 g/mol. The van der Waals surface area contributed by atoms with Gasteiger partial charge in [-0.05, 0) is 19.3 Å². The number of unbranched alkanes of at least 4 members (excludes halogenated alkanes) is 10. The predicted molar refractivity (Wildman–Crippen MR) is 128 cm³/mol. The maximum atomic E-state index is 12.0. The molecule has 0 aromatic heterocycles. The number of rotatable bonds is 22. The predicted octanol–water partition coefficient (Wildman–Crippen LogP) is -1.94. The maximum Gasteiger partial charge on any atom is 1.00 e. The molecular weight excluding hydrogens is 529 g/mol. The van der Waals surface area contributed by atoms with Crippen LogP contribution in [-0.4, -0.2) is 42.1 Å². The molecule has 0 aliphatic rings. The fourth-order valence-electron chi connectivity index (χ4n) is 3.14. The second kappa shape index (κ2) is 27.6. The van der Waals surface area contributed by atoms with Crippen LogP contribution in [0.4, 0.5) is 0 Å². The van der Waals surface area contributed by atoms with Crippen molar-refractivity contribution in [3.8, 4) is 0 Å². The van der Waals surface area contributed by atoms with E-state index < -0.39 is 32.5 Å². The molecule has 9 nitrogen and oxygen atoms in total. The minimum atomic E-state index is -5.23. The number of phosphoric ester groups is 1. The summed E-state index contributed by atoms with van der Waals surface area (Å²) in [6.07, 6.45) is 10.8. The summed E-state index contributed by atoms with van der Waals surface area (Å²) < 4.78 is 25.2. The van der Waals surface area contributed by atoms with Crippen LogP contribution in [-0.2, 0) is 32.9 Å². The quantitative estimate of drug-likeness (QED) is 0.0624. The van der Waals surface area contributed by atoms with Crippen molar-refractivity contribution >= 4 is 36.6 Å². The molecule has 1 atom stereocenters. The van der Waals surface area contributed by atoms with E-state index in [1.54, 1.807) is 6.92 Å². The van der Waals surface area contributed by atoms with Crippen LogP contribution in [0.25, 0.3) is 0 Å². The Bertz CT molecular complexity index is 620. The van der Waals surface area contributed by atoms with Crippen LogP contribution < -0.4 is 68.9 Å². The van der Waals surface area contributed by atoms with E-state index in [9.17, 15) is 28.7 Å². The maximum absolute atomic E-state index is 12.0. The third-order valence-corrected chi connectivity index (χ3v) is 6.33. The molecule has 36 heavy (non-hydrogen) atoms. The first kappa shape index (κ1) is 41.5. The minimum Gasteiger partial charge on any atom is -0.790 e. The van der Waals surface area contributed by atoms with Gasteiger partial charge in [0.1, 0.15) is 6.61 Å². The van der Waals surface area contributed by atoms with E-state index >= 15 is 0 Å². The van der Waals surface area contributed by atoms with Gasteiger partial charge in [-0.15, -0.1) is 0 Å². The zero-order valence-corrected chi connectivity index (χ0v) is 28.3. The summed E-state index contributed by atoms with van der Waals surface area (Å²) in [5.74, 6) is -0.162. The van der Waals surface area contributed by atoms with Gasteiger partial charge < -0.3 is 28.3 Å². The van der Waals surface area contributed by atoms with Crippen LogP contribution in [0.3, 0.4) is 0 Å². The van der Waals surface area contributed by atoms with Gasteiger partial charge in [0.15, 0.2) is 11.2 Å². The van der Waals surface area contributed by atoms with E-state index in [1.807, 2.05) is 0 Å². The molecule has 0 saturated carbocycles. The Hall–Kier alpha value is 1.07. The summed E-state index contributed by atoms with van der Waals surface area (Å²) in [7, 11) is -5.23. The van der Waals surface area contributed by atoms with Crippen molar-refractivity contribution in [1.29, 1.82) is 0 Å². The van der Waals surface area contributed by atoms with Gasteiger partial charge in [-0.3, -0.25) is 14.4 Å². The van der Waals surface area contributed by atoms with Crippen molar-refractivity contribution in [2.24, 2.45) is 0 Å². The molecule has 0 amide bonds.